The van der Waals surface area contributed by atoms with Crippen LogP contribution in [-0.4, -0.2) is 22.8 Å². The number of phenols is 1. The summed E-state index contributed by atoms with van der Waals surface area (Å²) in [5.41, 5.74) is 2.44. The lowest BCUT2D eigenvalue weighted by atomic mass is 10.1. The monoisotopic (exact) mass is 218 g/mol. The highest BCUT2D eigenvalue weighted by atomic mass is 16.3. The van der Waals surface area contributed by atoms with E-state index in [1.54, 1.807) is 6.07 Å². The summed E-state index contributed by atoms with van der Waals surface area (Å²) in [7, 11) is 4.00. The van der Waals surface area contributed by atoms with Gasteiger partial charge in [-0.3, -0.25) is 0 Å². The molecule has 2 rings (SSSR count). The highest BCUT2D eigenvalue weighted by Gasteiger charge is 2.09. The SMILES string of the molecule is CNC(C)Cc1cn(C)c2ccc(O)cc12. The third-order valence-corrected chi connectivity index (χ3v) is 3.07. The average Bonchev–Trinajstić information content (AvgIpc) is 2.55. The lowest BCUT2D eigenvalue weighted by molar-refractivity contribution is 0.476. The van der Waals surface area contributed by atoms with Crippen LogP contribution in [0.2, 0.25) is 0 Å². The molecule has 3 heteroatoms. The van der Waals surface area contributed by atoms with Gasteiger partial charge in [-0.2, -0.15) is 0 Å². The summed E-state index contributed by atoms with van der Waals surface area (Å²) < 4.78 is 2.10. The van der Waals surface area contributed by atoms with E-state index in [0.29, 0.717) is 11.8 Å². The van der Waals surface area contributed by atoms with Crippen molar-refractivity contribution in [3.63, 3.8) is 0 Å². The van der Waals surface area contributed by atoms with Gasteiger partial charge < -0.3 is 15.0 Å². The lowest BCUT2D eigenvalue weighted by Gasteiger charge is -2.08. The Kier molecular flexibility index (Phi) is 2.88. The first kappa shape index (κ1) is 11.0. The molecule has 0 saturated heterocycles. The fourth-order valence-electron chi connectivity index (χ4n) is 2.06. The molecule has 2 N–H and O–H groups in total. The van der Waals surface area contributed by atoms with E-state index in [1.165, 1.54) is 5.56 Å². The first-order chi connectivity index (χ1) is 7.61. The number of likely N-dealkylation sites (N-methyl/N-ethyl adjacent to an activating group) is 1. The number of aryl methyl sites for hydroxylation is 1. The van der Waals surface area contributed by atoms with E-state index in [4.69, 9.17) is 0 Å². The van der Waals surface area contributed by atoms with Crippen LogP contribution in [-0.2, 0) is 13.5 Å². The molecular weight excluding hydrogens is 200 g/mol. The molecule has 16 heavy (non-hydrogen) atoms. The van der Waals surface area contributed by atoms with Crippen molar-refractivity contribution >= 4 is 10.9 Å². The van der Waals surface area contributed by atoms with Gasteiger partial charge in [0, 0.05) is 30.2 Å². The summed E-state index contributed by atoms with van der Waals surface area (Å²) in [6, 6.07) is 5.96. The number of hydrogen-bond donors (Lipinski definition) is 2. The fourth-order valence-corrected chi connectivity index (χ4v) is 2.06. The van der Waals surface area contributed by atoms with Gasteiger partial charge in [0.2, 0.25) is 0 Å². The van der Waals surface area contributed by atoms with Gasteiger partial charge in [-0.05, 0) is 44.2 Å². The molecule has 0 amide bonds. The van der Waals surface area contributed by atoms with Gasteiger partial charge in [0.25, 0.3) is 0 Å². The van der Waals surface area contributed by atoms with Gasteiger partial charge in [0.15, 0.2) is 0 Å². The maximum Gasteiger partial charge on any atom is 0.116 e. The van der Waals surface area contributed by atoms with Crippen molar-refractivity contribution < 1.29 is 5.11 Å². The highest BCUT2D eigenvalue weighted by molar-refractivity contribution is 5.85. The Morgan fingerprint density at radius 2 is 2.19 bits per heavy atom. The van der Waals surface area contributed by atoms with Crippen LogP contribution in [0.1, 0.15) is 12.5 Å². The minimum Gasteiger partial charge on any atom is -0.508 e. The summed E-state index contributed by atoms with van der Waals surface area (Å²) in [4.78, 5) is 0. The summed E-state index contributed by atoms with van der Waals surface area (Å²) in [5, 5.41) is 13.9. The van der Waals surface area contributed by atoms with Crippen molar-refractivity contribution in [3.8, 4) is 5.75 Å². The summed E-state index contributed by atoms with van der Waals surface area (Å²) in [6.07, 6.45) is 3.11. The maximum absolute atomic E-state index is 9.53. The number of rotatable bonds is 3. The van der Waals surface area contributed by atoms with Crippen LogP contribution in [0.5, 0.6) is 5.75 Å². The van der Waals surface area contributed by atoms with E-state index in [9.17, 15) is 5.11 Å². The topological polar surface area (TPSA) is 37.2 Å². The second-order valence-electron chi connectivity index (χ2n) is 4.36. The molecule has 0 radical (unpaired) electrons. The van der Waals surface area contributed by atoms with E-state index in [0.717, 1.165) is 17.3 Å². The molecule has 0 spiro atoms. The van der Waals surface area contributed by atoms with Crippen molar-refractivity contribution in [2.45, 2.75) is 19.4 Å². The van der Waals surface area contributed by atoms with Crippen molar-refractivity contribution in [1.29, 1.82) is 0 Å². The second kappa shape index (κ2) is 4.18. The zero-order chi connectivity index (χ0) is 11.7. The molecule has 1 heterocycles. The van der Waals surface area contributed by atoms with Crippen molar-refractivity contribution in [2.75, 3.05) is 7.05 Å². The molecule has 1 atom stereocenters. The van der Waals surface area contributed by atoms with Crippen molar-refractivity contribution in [2.24, 2.45) is 7.05 Å². The summed E-state index contributed by atoms with van der Waals surface area (Å²) in [6.45, 7) is 2.15. The standard InChI is InChI=1S/C13H18N2O/c1-9(14-2)6-10-8-15(3)13-5-4-11(16)7-12(10)13/h4-5,7-9,14,16H,6H2,1-3H3. The van der Waals surface area contributed by atoms with Crippen LogP contribution < -0.4 is 5.32 Å². The van der Waals surface area contributed by atoms with Gasteiger partial charge in [-0.25, -0.2) is 0 Å². The maximum atomic E-state index is 9.53. The molecule has 0 bridgehead atoms. The van der Waals surface area contributed by atoms with E-state index in [-0.39, 0.29) is 0 Å². The third-order valence-electron chi connectivity index (χ3n) is 3.07. The molecule has 86 valence electrons. The number of nitrogens with one attached hydrogen (secondary N) is 1. The fraction of sp³-hybridized carbons (Fsp3) is 0.385. The first-order valence-electron chi connectivity index (χ1n) is 5.56. The zero-order valence-corrected chi connectivity index (χ0v) is 9.99. The Morgan fingerprint density at radius 1 is 1.44 bits per heavy atom. The second-order valence-corrected chi connectivity index (χ2v) is 4.36. The predicted molar refractivity (Wildman–Crippen MR) is 66.8 cm³/mol. The number of fused-ring (bicyclic) bond motifs is 1. The van der Waals surface area contributed by atoms with Gasteiger partial charge in [0.1, 0.15) is 5.75 Å². The molecule has 1 aromatic heterocycles. The molecule has 1 aromatic carbocycles. The smallest absolute Gasteiger partial charge is 0.116 e. The molecule has 0 aliphatic rings. The van der Waals surface area contributed by atoms with Crippen LogP contribution >= 0.6 is 0 Å². The summed E-state index contributed by atoms with van der Waals surface area (Å²) >= 11 is 0. The number of hydrogen-bond acceptors (Lipinski definition) is 2. The Labute approximate surface area is 95.7 Å². The quantitative estimate of drug-likeness (QED) is 0.827. The average molecular weight is 218 g/mol. The number of aromatic hydroxyl groups is 1. The van der Waals surface area contributed by atoms with Crippen LogP contribution in [0.25, 0.3) is 10.9 Å². The number of aromatic nitrogens is 1. The van der Waals surface area contributed by atoms with Gasteiger partial charge in [-0.1, -0.05) is 0 Å². The largest absolute Gasteiger partial charge is 0.508 e. The van der Waals surface area contributed by atoms with E-state index >= 15 is 0 Å². The van der Waals surface area contributed by atoms with Crippen molar-refractivity contribution in [1.82, 2.24) is 9.88 Å². The number of phenolic OH excluding ortho intramolecular Hbond substituents is 1. The minimum absolute atomic E-state index is 0.331. The van der Waals surface area contributed by atoms with Crippen LogP contribution in [0, 0.1) is 0 Å². The molecule has 2 aromatic rings. The molecule has 3 nitrogen and oxygen atoms in total. The lowest BCUT2D eigenvalue weighted by Crippen LogP contribution is -2.23. The molecular formula is C13H18N2O. The summed E-state index contributed by atoms with van der Waals surface area (Å²) in [5.74, 6) is 0.331. The number of benzene rings is 1. The Bertz CT molecular complexity index is 502. The molecule has 0 aliphatic heterocycles. The van der Waals surface area contributed by atoms with E-state index in [1.807, 2.05) is 26.2 Å². The van der Waals surface area contributed by atoms with Gasteiger partial charge >= 0.3 is 0 Å². The minimum atomic E-state index is 0.331. The Morgan fingerprint density at radius 3 is 2.88 bits per heavy atom. The van der Waals surface area contributed by atoms with Crippen LogP contribution in [0.15, 0.2) is 24.4 Å². The van der Waals surface area contributed by atoms with Crippen molar-refractivity contribution in [3.05, 3.63) is 30.0 Å². The number of nitrogens with zero attached hydrogens (tertiary/aromatic N) is 1. The van der Waals surface area contributed by atoms with Gasteiger partial charge in [0.05, 0.1) is 0 Å². The Hall–Kier alpha value is -1.48. The normalized spacial score (nSPS) is 13.2. The molecule has 0 saturated carbocycles. The molecule has 0 fully saturated rings. The predicted octanol–water partition coefficient (Wildman–Crippen LogP) is 2.03. The van der Waals surface area contributed by atoms with Crippen LogP contribution in [0.3, 0.4) is 0 Å². The van der Waals surface area contributed by atoms with E-state index in [2.05, 4.69) is 23.0 Å². The van der Waals surface area contributed by atoms with Crippen LogP contribution in [0.4, 0.5) is 0 Å². The molecule has 0 aliphatic carbocycles. The molecule has 1 unspecified atom stereocenters. The third kappa shape index (κ3) is 1.91. The Balaban J connectivity index is 2.48. The highest BCUT2D eigenvalue weighted by Crippen LogP contribution is 2.25. The van der Waals surface area contributed by atoms with E-state index < -0.39 is 0 Å². The first-order valence-corrected chi connectivity index (χ1v) is 5.56. The van der Waals surface area contributed by atoms with Gasteiger partial charge in [-0.15, -0.1) is 0 Å². The zero-order valence-electron chi connectivity index (χ0n) is 9.99.